The molecule has 7 nitrogen and oxygen atoms in total. The van der Waals surface area contributed by atoms with Gasteiger partial charge in [0, 0.05) is 0 Å². The maximum Gasteiger partial charge on any atom is 0.212 e. The topological polar surface area (TPSA) is 103 Å². The standard InChI is InChI=1S/C26H23N5O2S/c1-16-12-13-18(3)22(14-16)34(32,33)24-23-26(30-21-11-7-6-10-20(21)29-23)31(25(24)27)28-15-19-9-5-4-8-17(19)2/h4-15H,27H2,1-3H3. The molecule has 0 spiro atoms. The smallest absolute Gasteiger partial charge is 0.212 e. The van der Waals surface area contributed by atoms with Crippen molar-refractivity contribution in [3.8, 4) is 0 Å². The van der Waals surface area contributed by atoms with E-state index in [-0.39, 0.29) is 26.8 Å². The Morgan fingerprint density at radius 1 is 0.882 bits per heavy atom. The molecule has 0 aliphatic rings. The number of rotatable bonds is 4. The minimum atomic E-state index is -4.01. The summed E-state index contributed by atoms with van der Waals surface area (Å²) in [7, 11) is -4.01. The average Bonchev–Trinajstić information content (AvgIpc) is 3.09. The Kier molecular flexibility index (Phi) is 5.17. The van der Waals surface area contributed by atoms with E-state index in [9.17, 15) is 8.42 Å². The second-order valence-electron chi connectivity index (χ2n) is 8.28. The molecule has 0 atom stereocenters. The number of benzene rings is 3. The number of anilines is 1. The van der Waals surface area contributed by atoms with Crippen LogP contribution in [0, 0.1) is 20.8 Å². The van der Waals surface area contributed by atoms with Gasteiger partial charge >= 0.3 is 0 Å². The molecule has 8 heteroatoms. The van der Waals surface area contributed by atoms with E-state index in [0.717, 1.165) is 16.7 Å². The molecule has 5 aromatic rings. The number of sulfone groups is 1. The second-order valence-corrected chi connectivity index (χ2v) is 10.1. The fourth-order valence-corrected chi connectivity index (χ4v) is 5.77. The largest absolute Gasteiger partial charge is 0.382 e. The molecule has 2 heterocycles. The SMILES string of the molecule is Cc1ccc(C)c(S(=O)(=O)c2c(N)n(N=Cc3ccccc3C)c3nc4ccccc4nc23)c1. The molecule has 0 bridgehead atoms. The Hall–Kier alpha value is -4.04. The second kappa shape index (κ2) is 8.07. The van der Waals surface area contributed by atoms with Gasteiger partial charge in [0.2, 0.25) is 9.84 Å². The van der Waals surface area contributed by atoms with Gasteiger partial charge in [0.15, 0.2) is 5.65 Å². The van der Waals surface area contributed by atoms with Gasteiger partial charge in [0.1, 0.15) is 16.2 Å². The lowest BCUT2D eigenvalue weighted by Crippen LogP contribution is -2.08. The number of fused-ring (bicyclic) bond motifs is 2. The van der Waals surface area contributed by atoms with Crippen molar-refractivity contribution in [2.45, 2.75) is 30.6 Å². The summed E-state index contributed by atoms with van der Waals surface area (Å²) >= 11 is 0. The summed E-state index contributed by atoms with van der Waals surface area (Å²) in [6.45, 7) is 5.59. The van der Waals surface area contributed by atoms with Crippen LogP contribution in [0.15, 0.2) is 81.6 Å². The van der Waals surface area contributed by atoms with Crippen LogP contribution in [0.1, 0.15) is 22.3 Å². The summed E-state index contributed by atoms with van der Waals surface area (Å²) in [5.41, 5.74) is 11.5. The first-order valence-electron chi connectivity index (χ1n) is 10.8. The van der Waals surface area contributed by atoms with Crippen LogP contribution in [0.4, 0.5) is 5.82 Å². The summed E-state index contributed by atoms with van der Waals surface area (Å²) in [6, 6.07) is 20.4. The fourth-order valence-electron chi connectivity index (χ4n) is 3.96. The first kappa shape index (κ1) is 21.8. The lowest BCUT2D eigenvalue weighted by molar-refractivity contribution is 0.596. The van der Waals surface area contributed by atoms with E-state index < -0.39 is 9.84 Å². The molecule has 0 saturated carbocycles. The van der Waals surface area contributed by atoms with Crippen molar-refractivity contribution in [2.24, 2.45) is 5.10 Å². The van der Waals surface area contributed by atoms with Crippen molar-refractivity contribution in [3.63, 3.8) is 0 Å². The zero-order valence-corrected chi connectivity index (χ0v) is 19.8. The maximum atomic E-state index is 13.9. The van der Waals surface area contributed by atoms with E-state index in [2.05, 4.69) is 15.1 Å². The number of hydrogen-bond donors (Lipinski definition) is 1. The highest BCUT2D eigenvalue weighted by Crippen LogP contribution is 2.36. The van der Waals surface area contributed by atoms with E-state index >= 15 is 0 Å². The zero-order chi connectivity index (χ0) is 24.0. The molecule has 0 aliphatic heterocycles. The van der Waals surface area contributed by atoms with Crippen LogP contribution in [-0.2, 0) is 9.84 Å². The van der Waals surface area contributed by atoms with Crippen LogP contribution < -0.4 is 5.73 Å². The van der Waals surface area contributed by atoms with E-state index in [0.29, 0.717) is 16.6 Å². The first-order chi connectivity index (χ1) is 16.3. The molecular formula is C26H23N5O2S. The molecule has 0 radical (unpaired) electrons. The fraction of sp³-hybridized carbons (Fsp3) is 0.115. The van der Waals surface area contributed by atoms with Crippen LogP contribution in [0.25, 0.3) is 22.2 Å². The van der Waals surface area contributed by atoms with E-state index in [4.69, 9.17) is 5.73 Å². The summed E-state index contributed by atoms with van der Waals surface area (Å²) in [5, 5.41) is 4.54. The van der Waals surface area contributed by atoms with Crippen molar-refractivity contribution in [1.29, 1.82) is 0 Å². The summed E-state index contributed by atoms with van der Waals surface area (Å²) in [4.78, 5) is 9.45. The molecule has 0 unspecified atom stereocenters. The van der Waals surface area contributed by atoms with Gasteiger partial charge in [-0.05, 0) is 61.2 Å². The number of nitrogens with two attached hydrogens (primary N) is 1. The maximum absolute atomic E-state index is 13.9. The molecule has 0 saturated heterocycles. The minimum absolute atomic E-state index is 0.0314. The molecule has 0 amide bonds. The summed E-state index contributed by atoms with van der Waals surface area (Å²) in [5.74, 6) is -0.0314. The van der Waals surface area contributed by atoms with Gasteiger partial charge in [0.05, 0.1) is 22.1 Å². The lowest BCUT2D eigenvalue weighted by atomic mass is 10.1. The van der Waals surface area contributed by atoms with E-state index in [1.165, 1.54) is 4.68 Å². The number of hydrogen-bond acceptors (Lipinski definition) is 6. The molecule has 0 aliphatic carbocycles. The lowest BCUT2D eigenvalue weighted by Gasteiger charge is -2.09. The molecule has 5 rings (SSSR count). The van der Waals surface area contributed by atoms with Crippen molar-refractivity contribution in [1.82, 2.24) is 14.6 Å². The van der Waals surface area contributed by atoms with Crippen LogP contribution >= 0.6 is 0 Å². The van der Waals surface area contributed by atoms with Crippen molar-refractivity contribution < 1.29 is 8.42 Å². The quantitative estimate of drug-likeness (QED) is 0.381. The van der Waals surface area contributed by atoms with Crippen LogP contribution in [-0.4, -0.2) is 29.3 Å². The van der Waals surface area contributed by atoms with Crippen LogP contribution in [0.3, 0.4) is 0 Å². The zero-order valence-electron chi connectivity index (χ0n) is 19.0. The Balaban J connectivity index is 1.83. The van der Waals surface area contributed by atoms with Gasteiger partial charge in [-0.3, -0.25) is 0 Å². The van der Waals surface area contributed by atoms with E-state index in [1.54, 1.807) is 31.3 Å². The summed E-state index contributed by atoms with van der Waals surface area (Å²) in [6.07, 6.45) is 1.65. The number of aromatic nitrogens is 3. The van der Waals surface area contributed by atoms with Gasteiger partial charge in [-0.25, -0.2) is 18.4 Å². The molecule has 34 heavy (non-hydrogen) atoms. The molecule has 2 N–H and O–H groups in total. The predicted molar refractivity (Wildman–Crippen MR) is 135 cm³/mol. The monoisotopic (exact) mass is 469 g/mol. The Morgan fingerprint density at radius 2 is 1.56 bits per heavy atom. The third-order valence-corrected chi connectivity index (χ3v) is 7.79. The van der Waals surface area contributed by atoms with Gasteiger partial charge in [0.25, 0.3) is 0 Å². The Morgan fingerprint density at radius 3 is 2.29 bits per heavy atom. The Labute approximate surface area is 197 Å². The van der Waals surface area contributed by atoms with Gasteiger partial charge < -0.3 is 5.73 Å². The normalized spacial score (nSPS) is 12.2. The first-order valence-corrected chi connectivity index (χ1v) is 12.2. The predicted octanol–water partition coefficient (Wildman–Crippen LogP) is 4.81. The number of aryl methyl sites for hydroxylation is 3. The minimum Gasteiger partial charge on any atom is -0.382 e. The number of nitrogens with zero attached hydrogens (tertiary/aromatic N) is 4. The molecule has 2 aromatic heterocycles. The third kappa shape index (κ3) is 3.52. The molecule has 3 aromatic carbocycles. The Bertz CT molecular complexity index is 1720. The molecule has 0 fully saturated rings. The van der Waals surface area contributed by atoms with Gasteiger partial charge in [-0.15, -0.1) is 0 Å². The van der Waals surface area contributed by atoms with E-state index in [1.807, 2.05) is 62.4 Å². The molecule has 170 valence electrons. The third-order valence-electron chi connectivity index (χ3n) is 5.83. The highest BCUT2D eigenvalue weighted by molar-refractivity contribution is 7.92. The average molecular weight is 470 g/mol. The molecular weight excluding hydrogens is 446 g/mol. The number of para-hydroxylation sites is 2. The highest BCUT2D eigenvalue weighted by Gasteiger charge is 2.31. The summed E-state index contributed by atoms with van der Waals surface area (Å²) < 4.78 is 29.2. The number of nitrogen functional groups attached to an aromatic ring is 1. The van der Waals surface area contributed by atoms with Gasteiger partial charge in [-0.1, -0.05) is 48.5 Å². The van der Waals surface area contributed by atoms with Crippen LogP contribution in [0.5, 0.6) is 0 Å². The van der Waals surface area contributed by atoms with Crippen LogP contribution in [0.2, 0.25) is 0 Å². The van der Waals surface area contributed by atoms with Crippen molar-refractivity contribution in [2.75, 3.05) is 5.73 Å². The highest BCUT2D eigenvalue weighted by atomic mass is 32.2. The van der Waals surface area contributed by atoms with Gasteiger partial charge in [-0.2, -0.15) is 9.78 Å². The van der Waals surface area contributed by atoms with Crippen molar-refractivity contribution in [3.05, 3.63) is 89.0 Å². The van der Waals surface area contributed by atoms with Crippen molar-refractivity contribution >= 4 is 44.1 Å².